The second-order valence-corrected chi connectivity index (χ2v) is 6.69. The molecule has 6 nitrogen and oxygen atoms in total. The fraction of sp³-hybridized carbons (Fsp3) is 0. The van der Waals surface area contributed by atoms with E-state index in [1.54, 1.807) is 6.33 Å². The van der Waals surface area contributed by atoms with Gasteiger partial charge in [-0.1, -0.05) is 30.3 Å². The molecule has 0 bridgehead atoms. The summed E-state index contributed by atoms with van der Waals surface area (Å²) in [6.45, 7) is 0. The number of hydrogen-bond acceptors (Lipinski definition) is 4. The Morgan fingerprint density at radius 2 is 1.68 bits per heavy atom. The lowest BCUT2D eigenvalue weighted by atomic mass is 10.1. The van der Waals surface area contributed by atoms with Gasteiger partial charge in [0, 0.05) is 28.9 Å². The van der Waals surface area contributed by atoms with Gasteiger partial charge in [-0.05, 0) is 35.9 Å². The molecule has 0 fully saturated rings. The van der Waals surface area contributed by atoms with Crippen LogP contribution in [0.5, 0.6) is 0 Å². The van der Waals surface area contributed by atoms with Crippen LogP contribution in [0.15, 0.2) is 79.4 Å². The van der Waals surface area contributed by atoms with E-state index in [0.29, 0.717) is 0 Å². The molecule has 0 radical (unpaired) electrons. The maximum atomic E-state index is 4.63. The summed E-state index contributed by atoms with van der Waals surface area (Å²) in [4.78, 5) is 12.1. The van der Waals surface area contributed by atoms with E-state index in [-0.39, 0.29) is 0 Å². The van der Waals surface area contributed by atoms with Crippen LogP contribution in [-0.4, -0.2) is 29.5 Å². The minimum absolute atomic E-state index is 0.790. The average molecular weight is 362 g/mol. The first-order valence-electron chi connectivity index (χ1n) is 8.99. The normalized spacial score (nSPS) is 11.6. The molecule has 0 aliphatic carbocycles. The van der Waals surface area contributed by atoms with Crippen LogP contribution in [0.4, 0.5) is 0 Å². The van der Waals surface area contributed by atoms with Crippen molar-refractivity contribution in [1.82, 2.24) is 29.5 Å². The molecular weight excluding hydrogens is 348 g/mol. The lowest BCUT2D eigenvalue weighted by molar-refractivity contribution is 1.11. The SMILES string of the molecule is c1ccc(-c2cnc3ccn4c(-c5ccc6nc[nH]c6c5)nnc4c3c2)cc1. The Labute approximate surface area is 159 Å². The maximum Gasteiger partial charge on any atom is 0.170 e. The standard InChI is InChI=1S/C22H14N6/c1-2-4-14(5-3-1)16-10-17-18(23-12-16)8-9-28-21(26-27-22(17)28)15-6-7-19-20(11-15)25-13-24-19/h1-13H,(H,24,25). The summed E-state index contributed by atoms with van der Waals surface area (Å²) in [5.41, 5.74) is 6.77. The molecule has 1 N–H and O–H groups in total. The monoisotopic (exact) mass is 362 g/mol. The molecule has 132 valence electrons. The van der Waals surface area contributed by atoms with Crippen molar-refractivity contribution in [3.05, 3.63) is 79.4 Å². The van der Waals surface area contributed by atoms with Gasteiger partial charge in [0.05, 0.1) is 22.9 Å². The highest BCUT2D eigenvalue weighted by Crippen LogP contribution is 2.28. The van der Waals surface area contributed by atoms with Crippen molar-refractivity contribution in [2.24, 2.45) is 0 Å². The second kappa shape index (κ2) is 5.72. The molecule has 0 unspecified atom stereocenters. The predicted molar refractivity (Wildman–Crippen MR) is 109 cm³/mol. The van der Waals surface area contributed by atoms with Crippen molar-refractivity contribution in [1.29, 1.82) is 0 Å². The molecule has 0 amide bonds. The Hall–Kier alpha value is -4.06. The van der Waals surface area contributed by atoms with E-state index in [1.807, 2.05) is 59.3 Å². The molecular formula is C22H14N6. The van der Waals surface area contributed by atoms with Crippen LogP contribution in [0.1, 0.15) is 0 Å². The fourth-order valence-electron chi connectivity index (χ4n) is 3.61. The van der Waals surface area contributed by atoms with Gasteiger partial charge < -0.3 is 4.98 Å². The summed E-state index contributed by atoms with van der Waals surface area (Å²) in [5.74, 6) is 0.790. The second-order valence-electron chi connectivity index (χ2n) is 6.69. The molecule has 4 heterocycles. The molecule has 6 rings (SSSR count). The minimum Gasteiger partial charge on any atom is -0.345 e. The predicted octanol–water partition coefficient (Wildman–Crippen LogP) is 4.49. The van der Waals surface area contributed by atoms with E-state index < -0.39 is 0 Å². The zero-order chi connectivity index (χ0) is 18.5. The summed E-state index contributed by atoms with van der Waals surface area (Å²) in [7, 11) is 0. The van der Waals surface area contributed by atoms with Gasteiger partial charge in [-0.3, -0.25) is 9.38 Å². The number of hydrogen-bond donors (Lipinski definition) is 1. The Bertz CT molecular complexity index is 1460. The molecule has 6 aromatic rings. The fourth-order valence-corrected chi connectivity index (χ4v) is 3.61. The number of nitrogens with one attached hydrogen (secondary N) is 1. The van der Waals surface area contributed by atoms with E-state index in [4.69, 9.17) is 0 Å². The molecule has 0 saturated carbocycles. The van der Waals surface area contributed by atoms with Gasteiger partial charge in [0.1, 0.15) is 0 Å². The van der Waals surface area contributed by atoms with E-state index >= 15 is 0 Å². The molecule has 0 aliphatic rings. The van der Waals surface area contributed by atoms with Crippen LogP contribution in [0, 0.1) is 0 Å². The summed E-state index contributed by atoms with van der Waals surface area (Å²) >= 11 is 0. The zero-order valence-corrected chi connectivity index (χ0v) is 14.7. The van der Waals surface area contributed by atoms with Gasteiger partial charge in [-0.15, -0.1) is 10.2 Å². The molecule has 4 aromatic heterocycles. The Morgan fingerprint density at radius 3 is 2.61 bits per heavy atom. The lowest BCUT2D eigenvalue weighted by Gasteiger charge is -2.05. The lowest BCUT2D eigenvalue weighted by Crippen LogP contribution is -1.92. The topological polar surface area (TPSA) is 71.8 Å². The zero-order valence-electron chi connectivity index (χ0n) is 14.7. The molecule has 0 saturated heterocycles. The largest absolute Gasteiger partial charge is 0.345 e. The highest BCUT2D eigenvalue weighted by Gasteiger charge is 2.13. The summed E-state index contributed by atoms with van der Waals surface area (Å²) in [6, 6.07) is 20.4. The number of nitrogens with zero attached hydrogens (tertiary/aromatic N) is 5. The van der Waals surface area contributed by atoms with E-state index in [0.717, 1.165) is 50.1 Å². The summed E-state index contributed by atoms with van der Waals surface area (Å²) < 4.78 is 2.01. The van der Waals surface area contributed by atoms with Crippen LogP contribution in [0.25, 0.3) is 50.1 Å². The van der Waals surface area contributed by atoms with Crippen molar-refractivity contribution < 1.29 is 0 Å². The first-order chi connectivity index (χ1) is 13.9. The number of H-pyrrole nitrogens is 1. The van der Waals surface area contributed by atoms with Gasteiger partial charge in [0.25, 0.3) is 0 Å². The van der Waals surface area contributed by atoms with Gasteiger partial charge in [-0.2, -0.15) is 0 Å². The molecule has 0 spiro atoms. The van der Waals surface area contributed by atoms with Crippen LogP contribution >= 0.6 is 0 Å². The van der Waals surface area contributed by atoms with E-state index in [9.17, 15) is 0 Å². The minimum atomic E-state index is 0.790. The molecule has 0 aliphatic heterocycles. The first-order valence-corrected chi connectivity index (χ1v) is 8.99. The smallest absolute Gasteiger partial charge is 0.170 e. The van der Waals surface area contributed by atoms with Crippen molar-refractivity contribution in [2.45, 2.75) is 0 Å². The van der Waals surface area contributed by atoms with Crippen LogP contribution in [-0.2, 0) is 0 Å². The maximum absolute atomic E-state index is 4.63. The number of benzene rings is 2. The van der Waals surface area contributed by atoms with Gasteiger partial charge in [0.15, 0.2) is 11.5 Å². The number of fused-ring (bicyclic) bond motifs is 4. The van der Waals surface area contributed by atoms with Crippen molar-refractivity contribution in [3.63, 3.8) is 0 Å². The van der Waals surface area contributed by atoms with E-state index in [2.05, 4.69) is 43.3 Å². The Kier molecular flexibility index (Phi) is 3.07. The third-order valence-corrected chi connectivity index (χ3v) is 5.02. The number of pyridine rings is 2. The van der Waals surface area contributed by atoms with Crippen molar-refractivity contribution in [3.8, 4) is 22.5 Å². The molecule has 28 heavy (non-hydrogen) atoms. The van der Waals surface area contributed by atoms with E-state index in [1.165, 1.54) is 0 Å². The number of imidazole rings is 1. The first kappa shape index (κ1) is 15.0. The third-order valence-electron chi connectivity index (χ3n) is 5.02. The highest BCUT2D eigenvalue weighted by atomic mass is 15.2. The Morgan fingerprint density at radius 1 is 0.750 bits per heavy atom. The van der Waals surface area contributed by atoms with Gasteiger partial charge in [-0.25, -0.2) is 4.98 Å². The van der Waals surface area contributed by atoms with Crippen molar-refractivity contribution in [2.75, 3.05) is 0 Å². The number of aromatic nitrogens is 6. The number of rotatable bonds is 2. The molecule has 0 atom stereocenters. The average Bonchev–Trinajstić information content (AvgIpc) is 3.40. The number of aromatic amines is 1. The van der Waals surface area contributed by atoms with Crippen LogP contribution < -0.4 is 0 Å². The summed E-state index contributed by atoms with van der Waals surface area (Å²) in [5, 5.41) is 9.91. The quantitative estimate of drug-likeness (QED) is 0.493. The van der Waals surface area contributed by atoms with Crippen LogP contribution in [0.2, 0.25) is 0 Å². The van der Waals surface area contributed by atoms with Gasteiger partial charge >= 0.3 is 0 Å². The van der Waals surface area contributed by atoms with Crippen molar-refractivity contribution >= 4 is 27.6 Å². The third kappa shape index (κ3) is 2.21. The summed E-state index contributed by atoms with van der Waals surface area (Å²) in [6.07, 6.45) is 5.57. The van der Waals surface area contributed by atoms with Crippen LogP contribution in [0.3, 0.4) is 0 Å². The van der Waals surface area contributed by atoms with Gasteiger partial charge in [0.2, 0.25) is 0 Å². The highest BCUT2D eigenvalue weighted by molar-refractivity contribution is 5.94. The molecule has 2 aromatic carbocycles. The Balaban J connectivity index is 1.57. The molecule has 6 heteroatoms.